The molecule has 1 aromatic rings. The van der Waals surface area contributed by atoms with E-state index in [1.807, 2.05) is 0 Å². The number of hydrogen-bond donors (Lipinski definition) is 1. The lowest BCUT2D eigenvalue weighted by atomic mass is 9.89. The van der Waals surface area contributed by atoms with Gasteiger partial charge in [-0.15, -0.1) is 0 Å². The van der Waals surface area contributed by atoms with Crippen molar-refractivity contribution < 1.29 is 4.74 Å². The van der Waals surface area contributed by atoms with Crippen molar-refractivity contribution in [1.29, 1.82) is 0 Å². The van der Waals surface area contributed by atoms with Gasteiger partial charge in [-0.05, 0) is 24.8 Å². The molecule has 1 saturated carbocycles. The molecule has 0 amide bonds. The molecule has 0 aromatic carbocycles. The summed E-state index contributed by atoms with van der Waals surface area (Å²) in [5.41, 5.74) is 0.809. The van der Waals surface area contributed by atoms with Crippen molar-refractivity contribution in [3.63, 3.8) is 0 Å². The molecular formula is C13H20ClN3O. The van der Waals surface area contributed by atoms with E-state index in [0.717, 1.165) is 18.2 Å². The maximum Gasteiger partial charge on any atom is 0.224 e. The van der Waals surface area contributed by atoms with Crippen LogP contribution in [0.15, 0.2) is 6.07 Å². The van der Waals surface area contributed by atoms with Gasteiger partial charge in [0.05, 0.1) is 12.3 Å². The highest BCUT2D eigenvalue weighted by molar-refractivity contribution is 6.29. The first-order valence-corrected chi connectivity index (χ1v) is 6.92. The molecule has 1 N–H and O–H groups in total. The first-order valence-electron chi connectivity index (χ1n) is 6.54. The highest BCUT2D eigenvalue weighted by Crippen LogP contribution is 2.23. The minimum Gasteiger partial charge on any atom is -0.378 e. The smallest absolute Gasteiger partial charge is 0.224 e. The number of methoxy groups -OCH3 is 1. The average Bonchev–Trinajstić information content (AvgIpc) is 2.37. The Balaban J connectivity index is 1.91. The van der Waals surface area contributed by atoms with Crippen molar-refractivity contribution in [2.75, 3.05) is 19.0 Å². The van der Waals surface area contributed by atoms with Gasteiger partial charge in [0.1, 0.15) is 5.15 Å². The van der Waals surface area contributed by atoms with E-state index in [9.17, 15) is 0 Å². The van der Waals surface area contributed by atoms with Gasteiger partial charge in [-0.3, -0.25) is 0 Å². The normalized spacial score (nSPS) is 16.8. The molecule has 0 bridgehead atoms. The van der Waals surface area contributed by atoms with Gasteiger partial charge in [0.2, 0.25) is 5.95 Å². The molecule has 0 spiro atoms. The van der Waals surface area contributed by atoms with Crippen molar-refractivity contribution in [2.24, 2.45) is 5.92 Å². The highest BCUT2D eigenvalue weighted by atomic mass is 35.5. The number of rotatable bonds is 5. The fourth-order valence-corrected chi connectivity index (χ4v) is 2.60. The summed E-state index contributed by atoms with van der Waals surface area (Å²) in [5, 5.41) is 3.75. The molecule has 0 unspecified atom stereocenters. The van der Waals surface area contributed by atoms with Gasteiger partial charge in [0, 0.05) is 13.7 Å². The number of halogens is 1. The Hall–Kier alpha value is -0.870. The van der Waals surface area contributed by atoms with E-state index in [0.29, 0.717) is 17.7 Å². The Bertz CT molecular complexity index is 380. The summed E-state index contributed by atoms with van der Waals surface area (Å²) in [6, 6.07) is 1.73. The zero-order valence-corrected chi connectivity index (χ0v) is 11.5. The second kappa shape index (κ2) is 6.90. The van der Waals surface area contributed by atoms with Gasteiger partial charge >= 0.3 is 0 Å². The monoisotopic (exact) mass is 269 g/mol. The summed E-state index contributed by atoms with van der Waals surface area (Å²) in [6.07, 6.45) is 6.68. The van der Waals surface area contributed by atoms with Crippen LogP contribution in [-0.4, -0.2) is 23.6 Å². The van der Waals surface area contributed by atoms with Crippen LogP contribution >= 0.6 is 11.6 Å². The molecule has 1 fully saturated rings. The van der Waals surface area contributed by atoms with Crippen LogP contribution in [0.25, 0.3) is 0 Å². The molecule has 0 radical (unpaired) electrons. The molecule has 0 aliphatic heterocycles. The number of hydrogen-bond acceptors (Lipinski definition) is 4. The second-order valence-electron chi connectivity index (χ2n) is 4.82. The van der Waals surface area contributed by atoms with Crippen LogP contribution in [-0.2, 0) is 11.3 Å². The molecule has 1 aromatic heterocycles. The van der Waals surface area contributed by atoms with Gasteiger partial charge in [-0.2, -0.15) is 0 Å². The average molecular weight is 270 g/mol. The van der Waals surface area contributed by atoms with E-state index >= 15 is 0 Å². The molecule has 1 aliphatic rings. The zero-order valence-electron chi connectivity index (χ0n) is 10.8. The number of nitrogens with zero attached hydrogens (tertiary/aromatic N) is 2. The highest BCUT2D eigenvalue weighted by Gasteiger charge is 2.13. The van der Waals surface area contributed by atoms with Gasteiger partial charge in [-0.25, -0.2) is 9.97 Å². The Morgan fingerprint density at radius 1 is 1.33 bits per heavy atom. The summed E-state index contributed by atoms with van der Waals surface area (Å²) >= 11 is 5.96. The maximum atomic E-state index is 5.96. The van der Waals surface area contributed by atoms with Gasteiger partial charge in [0.15, 0.2) is 0 Å². The molecule has 0 saturated heterocycles. The van der Waals surface area contributed by atoms with Gasteiger partial charge in [-0.1, -0.05) is 30.9 Å². The summed E-state index contributed by atoms with van der Waals surface area (Å²) in [5.74, 6) is 1.35. The van der Waals surface area contributed by atoms with E-state index < -0.39 is 0 Å². The Morgan fingerprint density at radius 3 is 2.83 bits per heavy atom. The molecule has 0 atom stereocenters. The quantitative estimate of drug-likeness (QED) is 0.834. The summed E-state index contributed by atoms with van der Waals surface area (Å²) in [6.45, 7) is 1.40. The fraction of sp³-hybridized carbons (Fsp3) is 0.692. The summed E-state index contributed by atoms with van der Waals surface area (Å²) in [4.78, 5) is 8.56. The number of aromatic nitrogens is 2. The number of nitrogens with one attached hydrogen (secondary N) is 1. The maximum absolute atomic E-state index is 5.96. The largest absolute Gasteiger partial charge is 0.378 e. The third-order valence-electron chi connectivity index (χ3n) is 3.31. The van der Waals surface area contributed by atoms with Crippen LogP contribution in [0.2, 0.25) is 5.15 Å². The van der Waals surface area contributed by atoms with Gasteiger partial charge in [0.25, 0.3) is 0 Å². The van der Waals surface area contributed by atoms with Crippen molar-refractivity contribution in [3.05, 3.63) is 16.9 Å². The fourth-order valence-electron chi connectivity index (χ4n) is 2.39. The van der Waals surface area contributed by atoms with E-state index in [1.54, 1.807) is 13.2 Å². The molecule has 100 valence electrons. The van der Waals surface area contributed by atoms with Gasteiger partial charge < -0.3 is 10.1 Å². The summed E-state index contributed by atoms with van der Waals surface area (Å²) < 4.78 is 5.06. The molecule has 2 rings (SSSR count). The minimum atomic E-state index is 0.459. The lowest BCUT2D eigenvalue weighted by Gasteiger charge is -2.21. The molecule has 5 heteroatoms. The Morgan fingerprint density at radius 2 is 2.11 bits per heavy atom. The molecule has 4 nitrogen and oxygen atoms in total. The predicted octanol–water partition coefficient (Wildman–Crippen LogP) is 3.27. The Labute approximate surface area is 113 Å². The van der Waals surface area contributed by atoms with Crippen LogP contribution in [0.5, 0.6) is 0 Å². The molecule has 1 aliphatic carbocycles. The lowest BCUT2D eigenvalue weighted by molar-refractivity contribution is 0.181. The van der Waals surface area contributed by atoms with Crippen molar-refractivity contribution in [1.82, 2.24) is 9.97 Å². The standard InChI is InChI=1S/C13H20ClN3O/c1-18-9-11-7-12(14)17-13(16-11)15-8-10-5-3-2-4-6-10/h7,10H,2-6,8-9H2,1H3,(H,15,16,17). The van der Waals surface area contributed by atoms with E-state index in [2.05, 4.69) is 15.3 Å². The van der Waals surface area contributed by atoms with E-state index in [1.165, 1.54) is 32.1 Å². The second-order valence-corrected chi connectivity index (χ2v) is 5.21. The van der Waals surface area contributed by atoms with Crippen LogP contribution in [0.4, 0.5) is 5.95 Å². The Kier molecular flexibility index (Phi) is 5.20. The third-order valence-corrected chi connectivity index (χ3v) is 3.51. The minimum absolute atomic E-state index is 0.459. The molecule has 1 heterocycles. The first kappa shape index (κ1) is 13.6. The van der Waals surface area contributed by atoms with Crippen molar-refractivity contribution in [3.8, 4) is 0 Å². The van der Waals surface area contributed by atoms with Crippen molar-refractivity contribution >= 4 is 17.5 Å². The summed E-state index contributed by atoms with van der Waals surface area (Å²) in [7, 11) is 1.64. The van der Waals surface area contributed by atoms with E-state index in [-0.39, 0.29) is 0 Å². The SMILES string of the molecule is COCc1cc(Cl)nc(NCC2CCCCC2)n1. The molecular weight excluding hydrogens is 250 g/mol. The first-order chi connectivity index (χ1) is 8.78. The zero-order chi connectivity index (χ0) is 12.8. The van der Waals surface area contributed by atoms with Crippen LogP contribution < -0.4 is 5.32 Å². The van der Waals surface area contributed by atoms with Crippen LogP contribution in [0.1, 0.15) is 37.8 Å². The lowest BCUT2D eigenvalue weighted by Crippen LogP contribution is -2.18. The topological polar surface area (TPSA) is 47.0 Å². The van der Waals surface area contributed by atoms with Crippen molar-refractivity contribution in [2.45, 2.75) is 38.7 Å². The third kappa shape index (κ3) is 4.10. The van der Waals surface area contributed by atoms with Crippen LogP contribution in [0, 0.1) is 5.92 Å². The molecule has 18 heavy (non-hydrogen) atoms. The number of ether oxygens (including phenoxy) is 1. The number of anilines is 1. The predicted molar refractivity (Wildman–Crippen MR) is 72.8 cm³/mol. The van der Waals surface area contributed by atoms with E-state index in [4.69, 9.17) is 16.3 Å². The van der Waals surface area contributed by atoms with Crippen LogP contribution in [0.3, 0.4) is 0 Å².